The quantitative estimate of drug-likeness (QED) is 0.769. The number of benzene rings is 1. The van der Waals surface area contributed by atoms with E-state index in [1.165, 1.54) is 31.2 Å². The van der Waals surface area contributed by atoms with Gasteiger partial charge in [0.1, 0.15) is 0 Å². The Kier molecular flexibility index (Phi) is 6.99. The molecule has 0 aromatic heterocycles. The van der Waals surface area contributed by atoms with Gasteiger partial charge in [-0.3, -0.25) is 9.69 Å². The molecule has 2 fully saturated rings. The number of morpholine rings is 1. The van der Waals surface area contributed by atoms with E-state index in [4.69, 9.17) is 4.74 Å². The number of nitrogens with one attached hydrogen (secondary N) is 1. The van der Waals surface area contributed by atoms with Crippen LogP contribution in [0, 0.1) is 0 Å². The largest absolute Gasteiger partial charge is 0.379 e. The van der Waals surface area contributed by atoms with E-state index in [-0.39, 0.29) is 5.91 Å². The van der Waals surface area contributed by atoms with E-state index in [9.17, 15) is 4.79 Å². The van der Waals surface area contributed by atoms with Gasteiger partial charge in [-0.25, -0.2) is 0 Å². The predicted molar refractivity (Wildman–Crippen MR) is 99.6 cm³/mol. The zero-order chi connectivity index (χ0) is 16.6. The van der Waals surface area contributed by atoms with Crippen molar-refractivity contribution in [2.45, 2.75) is 37.5 Å². The molecule has 0 radical (unpaired) electrons. The van der Waals surface area contributed by atoms with Crippen molar-refractivity contribution in [1.82, 2.24) is 10.2 Å². The Hall–Kier alpha value is -1.04. The molecule has 1 aliphatic heterocycles. The molecule has 1 N–H and O–H groups in total. The third-order valence-corrected chi connectivity index (χ3v) is 6.15. The van der Waals surface area contributed by atoms with Crippen molar-refractivity contribution < 1.29 is 9.53 Å². The molecule has 1 saturated heterocycles. The molecule has 3 rings (SSSR count). The van der Waals surface area contributed by atoms with Gasteiger partial charge >= 0.3 is 0 Å². The molecule has 1 heterocycles. The van der Waals surface area contributed by atoms with E-state index >= 15 is 0 Å². The maximum Gasteiger partial charge on any atom is 0.251 e. The molecule has 1 aromatic carbocycles. The summed E-state index contributed by atoms with van der Waals surface area (Å²) < 4.78 is 5.37. The second kappa shape index (κ2) is 9.44. The predicted octanol–water partition coefficient (Wildman–Crippen LogP) is 2.92. The average Bonchev–Trinajstić information content (AvgIpc) is 3.13. The fourth-order valence-corrected chi connectivity index (χ4v) is 4.55. The van der Waals surface area contributed by atoms with Crippen LogP contribution in [-0.2, 0) is 11.3 Å². The van der Waals surface area contributed by atoms with Gasteiger partial charge in [0.15, 0.2) is 0 Å². The summed E-state index contributed by atoms with van der Waals surface area (Å²) in [5.74, 6) is 1.06. The van der Waals surface area contributed by atoms with E-state index in [2.05, 4.69) is 22.3 Å². The van der Waals surface area contributed by atoms with Gasteiger partial charge in [0.25, 0.3) is 5.91 Å². The highest BCUT2D eigenvalue weighted by Crippen LogP contribution is 2.28. The second-order valence-electron chi connectivity index (χ2n) is 6.62. The SMILES string of the molecule is O=C(NCCSC1CCCC1)c1ccc(CN2CCOCC2)cc1. The molecule has 1 aromatic rings. The summed E-state index contributed by atoms with van der Waals surface area (Å²) in [6.45, 7) is 5.30. The fraction of sp³-hybridized carbons (Fsp3) is 0.632. The molecule has 0 spiro atoms. The Labute approximate surface area is 149 Å². The molecule has 0 atom stereocenters. The first kappa shape index (κ1) is 17.8. The molecule has 0 bridgehead atoms. The fourth-order valence-electron chi connectivity index (χ4n) is 3.33. The molecule has 1 amide bonds. The molecule has 1 saturated carbocycles. The van der Waals surface area contributed by atoms with Gasteiger partial charge in [0.05, 0.1) is 13.2 Å². The first-order chi connectivity index (χ1) is 11.8. The number of rotatable bonds is 7. The number of carbonyl (C=O) groups is 1. The molecule has 4 nitrogen and oxygen atoms in total. The highest BCUT2D eigenvalue weighted by Gasteiger charge is 2.15. The summed E-state index contributed by atoms with van der Waals surface area (Å²) in [5.41, 5.74) is 2.01. The first-order valence-corrected chi connectivity index (χ1v) is 10.1. The summed E-state index contributed by atoms with van der Waals surface area (Å²) in [5, 5.41) is 3.86. The average molecular weight is 349 g/mol. The Balaban J connectivity index is 1.38. The highest BCUT2D eigenvalue weighted by atomic mass is 32.2. The normalized spacial score (nSPS) is 19.5. The van der Waals surface area contributed by atoms with Crippen molar-refractivity contribution in [2.75, 3.05) is 38.6 Å². The number of ether oxygens (including phenoxy) is 1. The zero-order valence-corrected chi connectivity index (χ0v) is 15.2. The number of carbonyl (C=O) groups excluding carboxylic acids is 1. The Morgan fingerprint density at radius 1 is 1.17 bits per heavy atom. The molecule has 2 aliphatic rings. The standard InChI is InChI=1S/C19H28N2O2S/c22-19(20-9-14-24-18-3-1-2-4-18)17-7-5-16(6-8-17)15-21-10-12-23-13-11-21/h5-8,18H,1-4,9-15H2,(H,20,22). The van der Waals surface area contributed by atoms with Crippen LogP contribution in [0.25, 0.3) is 0 Å². The summed E-state index contributed by atoms with van der Waals surface area (Å²) in [6.07, 6.45) is 5.45. The van der Waals surface area contributed by atoms with Crippen LogP contribution in [0.15, 0.2) is 24.3 Å². The number of hydrogen-bond acceptors (Lipinski definition) is 4. The zero-order valence-electron chi connectivity index (χ0n) is 14.3. The smallest absolute Gasteiger partial charge is 0.251 e. The molecular formula is C19H28N2O2S. The molecule has 1 aliphatic carbocycles. The summed E-state index contributed by atoms with van der Waals surface area (Å²) >= 11 is 2.01. The van der Waals surface area contributed by atoms with E-state index < -0.39 is 0 Å². The van der Waals surface area contributed by atoms with Gasteiger partial charge < -0.3 is 10.1 Å². The Morgan fingerprint density at radius 2 is 1.88 bits per heavy atom. The minimum absolute atomic E-state index is 0.0416. The lowest BCUT2D eigenvalue weighted by Crippen LogP contribution is -2.35. The van der Waals surface area contributed by atoms with Gasteiger partial charge in [0.2, 0.25) is 0 Å². The third kappa shape index (κ3) is 5.50. The van der Waals surface area contributed by atoms with Gasteiger partial charge in [-0.1, -0.05) is 25.0 Å². The topological polar surface area (TPSA) is 41.6 Å². The summed E-state index contributed by atoms with van der Waals surface area (Å²) in [7, 11) is 0. The van der Waals surface area contributed by atoms with Gasteiger partial charge in [-0.2, -0.15) is 11.8 Å². The molecule has 0 unspecified atom stereocenters. The lowest BCUT2D eigenvalue weighted by molar-refractivity contribution is 0.0342. The van der Waals surface area contributed by atoms with Gasteiger partial charge in [-0.15, -0.1) is 0 Å². The van der Waals surface area contributed by atoms with E-state index in [1.807, 2.05) is 23.9 Å². The maximum absolute atomic E-state index is 12.2. The number of thioether (sulfide) groups is 1. The molecule has 132 valence electrons. The van der Waals surface area contributed by atoms with E-state index in [0.717, 1.165) is 56.0 Å². The molecule has 5 heteroatoms. The lowest BCUT2D eigenvalue weighted by atomic mass is 10.1. The van der Waals surface area contributed by atoms with Crippen LogP contribution in [0.5, 0.6) is 0 Å². The molecule has 24 heavy (non-hydrogen) atoms. The van der Waals surface area contributed by atoms with Crippen LogP contribution in [0.1, 0.15) is 41.6 Å². The highest BCUT2D eigenvalue weighted by molar-refractivity contribution is 7.99. The maximum atomic E-state index is 12.2. The van der Waals surface area contributed by atoms with E-state index in [0.29, 0.717) is 0 Å². The summed E-state index contributed by atoms with van der Waals surface area (Å²) in [6, 6.07) is 8.01. The van der Waals surface area contributed by atoms with Gasteiger partial charge in [-0.05, 0) is 30.5 Å². The first-order valence-electron chi connectivity index (χ1n) is 9.10. The van der Waals surface area contributed by atoms with Crippen molar-refractivity contribution in [2.24, 2.45) is 0 Å². The lowest BCUT2D eigenvalue weighted by Gasteiger charge is -2.26. The molecular weight excluding hydrogens is 320 g/mol. The van der Waals surface area contributed by atoms with Crippen molar-refractivity contribution >= 4 is 17.7 Å². The Bertz CT molecular complexity index is 509. The number of hydrogen-bond donors (Lipinski definition) is 1. The Morgan fingerprint density at radius 3 is 2.58 bits per heavy atom. The number of nitrogens with zero attached hydrogens (tertiary/aromatic N) is 1. The monoisotopic (exact) mass is 348 g/mol. The van der Waals surface area contributed by atoms with Crippen LogP contribution in [0.3, 0.4) is 0 Å². The van der Waals surface area contributed by atoms with E-state index in [1.54, 1.807) is 0 Å². The second-order valence-corrected chi connectivity index (χ2v) is 8.03. The minimum Gasteiger partial charge on any atom is -0.379 e. The van der Waals surface area contributed by atoms with Crippen molar-refractivity contribution in [3.05, 3.63) is 35.4 Å². The van der Waals surface area contributed by atoms with Gasteiger partial charge in [0, 0.05) is 42.7 Å². The van der Waals surface area contributed by atoms with Crippen LogP contribution in [-0.4, -0.2) is 54.7 Å². The van der Waals surface area contributed by atoms with Crippen LogP contribution in [0.4, 0.5) is 0 Å². The van der Waals surface area contributed by atoms with Crippen LogP contribution < -0.4 is 5.32 Å². The van der Waals surface area contributed by atoms with Crippen LogP contribution >= 0.6 is 11.8 Å². The summed E-state index contributed by atoms with van der Waals surface area (Å²) in [4.78, 5) is 14.6. The van der Waals surface area contributed by atoms with Crippen molar-refractivity contribution in [3.63, 3.8) is 0 Å². The van der Waals surface area contributed by atoms with Crippen molar-refractivity contribution in [1.29, 1.82) is 0 Å². The number of amides is 1. The van der Waals surface area contributed by atoms with Crippen LogP contribution in [0.2, 0.25) is 0 Å². The minimum atomic E-state index is 0.0416. The van der Waals surface area contributed by atoms with Crippen molar-refractivity contribution in [3.8, 4) is 0 Å². The third-order valence-electron chi connectivity index (χ3n) is 4.77.